The van der Waals surface area contributed by atoms with E-state index < -0.39 is 34.6 Å². The maximum atomic E-state index is 11.9. The molecule has 226 valence electrons. The van der Waals surface area contributed by atoms with Gasteiger partial charge in [0.1, 0.15) is 29.2 Å². The third-order valence-electron chi connectivity index (χ3n) is 5.67. The molecule has 0 radical (unpaired) electrons. The number of amides is 4. The second kappa shape index (κ2) is 18.8. The molecule has 0 aromatic rings. The van der Waals surface area contributed by atoms with Gasteiger partial charge in [-0.05, 0) is 71.1 Å². The molecule has 2 rings (SSSR count). The number of unbranched alkanes of at least 4 members (excludes halogenated alkanes) is 2. The average molecular weight is 573 g/mol. The quantitative estimate of drug-likeness (QED) is 0.253. The van der Waals surface area contributed by atoms with Crippen molar-refractivity contribution in [2.75, 3.05) is 18.8 Å². The van der Waals surface area contributed by atoms with E-state index in [0.717, 1.165) is 44.4 Å². The summed E-state index contributed by atoms with van der Waals surface area (Å²) in [7, 11) is -1.18. The van der Waals surface area contributed by atoms with Crippen molar-refractivity contribution in [3.8, 4) is 0 Å². The number of hydrogen-bond acceptors (Lipinski definition) is 6. The summed E-state index contributed by atoms with van der Waals surface area (Å²) < 4.78 is 19.1. The zero-order valence-electron chi connectivity index (χ0n) is 25.0. The van der Waals surface area contributed by atoms with Crippen molar-refractivity contribution in [3.63, 3.8) is 0 Å². The van der Waals surface area contributed by atoms with Crippen LogP contribution in [0.2, 0.25) is 0 Å². The van der Waals surface area contributed by atoms with E-state index in [1.54, 1.807) is 20.8 Å². The summed E-state index contributed by atoms with van der Waals surface area (Å²) in [6.45, 7) is 17.7. The Hall–Kier alpha value is -2.43. The van der Waals surface area contributed by atoms with Gasteiger partial charge >= 0.3 is 6.09 Å². The van der Waals surface area contributed by atoms with Crippen LogP contribution >= 0.6 is 0 Å². The number of allylic oxidation sites excluding steroid dienone is 1. The van der Waals surface area contributed by atoms with Crippen LogP contribution in [-0.4, -0.2) is 63.4 Å². The van der Waals surface area contributed by atoms with E-state index >= 15 is 0 Å². The lowest BCUT2D eigenvalue weighted by molar-refractivity contribution is -0.136. The Bertz CT molecular complexity index is 825. The lowest BCUT2D eigenvalue weighted by atomic mass is 10.2. The van der Waals surface area contributed by atoms with Crippen LogP contribution in [0.1, 0.15) is 93.4 Å². The van der Waals surface area contributed by atoms with Crippen LogP contribution in [0.15, 0.2) is 12.7 Å². The smallest absolute Gasteiger partial charge is 0.408 e. The lowest BCUT2D eigenvalue weighted by Crippen LogP contribution is -2.48. The van der Waals surface area contributed by atoms with Crippen LogP contribution in [0.4, 0.5) is 4.79 Å². The summed E-state index contributed by atoms with van der Waals surface area (Å²) in [5, 5.41) is 2.37. The number of primary amides is 1. The van der Waals surface area contributed by atoms with Gasteiger partial charge in [0.05, 0.1) is 0 Å². The molecule has 1 saturated heterocycles. The molecule has 2 fully saturated rings. The number of likely N-dealkylation sites (tertiary alicyclic amines) is 1. The molecule has 1 aliphatic carbocycles. The van der Waals surface area contributed by atoms with E-state index in [0.29, 0.717) is 24.6 Å². The van der Waals surface area contributed by atoms with E-state index in [1.807, 2.05) is 6.08 Å². The normalized spacial score (nSPS) is 20.4. The van der Waals surface area contributed by atoms with Crippen LogP contribution in [0.25, 0.3) is 0 Å². The molecule has 4 N–H and O–H groups in total. The van der Waals surface area contributed by atoms with Gasteiger partial charge in [-0.3, -0.25) is 19.1 Å². The van der Waals surface area contributed by atoms with Crippen LogP contribution < -0.4 is 15.8 Å². The Labute approximate surface area is 237 Å². The standard InChI is InChI=1S/C12H21N3O4.C12H21NO2S.C4H10/c1-12(2,3)19-11(18)14-7-9(16)15-6-4-5-8(15)10(13)17;1-3-5-6-7-8-16(15)13-12(14)11-9-10(11)4-2;1-4(2)3/h8H,4-7H2,1-3H3,(H2,13,17)(H,14,18);3,10-11H,1,4-9H2,2H3,(H,13,14);4H,1-3H3/t8-;10-,11?,16?;/m01./s1. The van der Waals surface area contributed by atoms with E-state index in [1.165, 1.54) is 4.90 Å². The number of alkyl carbamates (subject to hydrolysis) is 1. The van der Waals surface area contributed by atoms with Gasteiger partial charge in [-0.2, -0.15) is 0 Å². The second-order valence-electron chi connectivity index (χ2n) is 11.5. The first-order valence-electron chi connectivity index (χ1n) is 14.0. The Morgan fingerprint density at radius 1 is 1.18 bits per heavy atom. The molecule has 11 heteroatoms. The number of nitrogens with two attached hydrogens (primary N) is 1. The monoisotopic (exact) mass is 572 g/mol. The summed E-state index contributed by atoms with van der Waals surface area (Å²) in [6.07, 6.45) is 7.35. The third-order valence-corrected chi connectivity index (χ3v) is 6.76. The Morgan fingerprint density at radius 2 is 1.79 bits per heavy atom. The first-order valence-corrected chi connectivity index (χ1v) is 15.3. The van der Waals surface area contributed by atoms with Gasteiger partial charge in [0.2, 0.25) is 17.7 Å². The molecule has 0 aromatic heterocycles. The highest BCUT2D eigenvalue weighted by atomic mass is 32.2. The van der Waals surface area contributed by atoms with Gasteiger partial charge in [-0.25, -0.2) is 9.00 Å². The molecule has 1 saturated carbocycles. The number of ether oxygens (including phenoxy) is 1. The Morgan fingerprint density at radius 3 is 2.28 bits per heavy atom. The van der Waals surface area contributed by atoms with Gasteiger partial charge in [-0.15, -0.1) is 6.58 Å². The molecule has 1 aliphatic heterocycles. The summed E-state index contributed by atoms with van der Waals surface area (Å²) in [6, 6.07) is -0.562. The molecule has 2 aliphatic rings. The van der Waals surface area contributed by atoms with Gasteiger partial charge in [0.25, 0.3) is 0 Å². The number of carbonyl (C=O) groups excluding carboxylic acids is 4. The highest BCUT2D eigenvalue weighted by Gasteiger charge is 2.41. The fourth-order valence-electron chi connectivity index (χ4n) is 3.71. The number of hydrogen-bond donors (Lipinski definition) is 3. The van der Waals surface area contributed by atoms with Crippen LogP contribution in [0.3, 0.4) is 0 Å². The molecule has 39 heavy (non-hydrogen) atoms. The largest absolute Gasteiger partial charge is 0.444 e. The molecule has 0 spiro atoms. The van der Waals surface area contributed by atoms with Crippen LogP contribution in [0.5, 0.6) is 0 Å². The van der Waals surface area contributed by atoms with Crippen molar-refractivity contribution in [1.82, 2.24) is 14.9 Å². The fourth-order valence-corrected chi connectivity index (χ4v) is 4.65. The predicted octanol–water partition coefficient (Wildman–Crippen LogP) is 3.82. The molecule has 4 amide bonds. The first kappa shape index (κ1) is 36.6. The molecule has 1 heterocycles. The van der Waals surface area contributed by atoms with Gasteiger partial charge < -0.3 is 20.7 Å². The first-order chi connectivity index (χ1) is 18.1. The SMILES string of the molecule is C=CCCCCS(=O)NC(=O)C1C[C@H]1CC.CC(C)(C)OC(=O)NCC(=O)N1CCC[C@H]1C(N)=O.CC(C)C. The molecule has 2 unspecified atom stereocenters. The molecule has 0 bridgehead atoms. The Balaban J connectivity index is 0.000000658. The zero-order valence-corrected chi connectivity index (χ0v) is 25.9. The maximum absolute atomic E-state index is 11.9. The topological polar surface area (TPSA) is 148 Å². The molecule has 0 aromatic carbocycles. The van der Waals surface area contributed by atoms with E-state index in [4.69, 9.17) is 10.5 Å². The predicted molar refractivity (Wildman–Crippen MR) is 156 cm³/mol. The highest BCUT2D eigenvalue weighted by Crippen LogP contribution is 2.41. The number of nitrogens with one attached hydrogen (secondary N) is 2. The van der Waals surface area contributed by atoms with Crippen LogP contribution in [-0.2, 0) is 30.1 Å². The minimum atomic E-state index is -1.18. The number of rotatable bonds is 11. The minimum absolute atomic E-state index is 0.0195. The summed E-state index contributed by atoms with van der Waals surface area (Å²) in [5.74, 6) is 1.19. The molecular weight excluding hydrogens is 520 g/mol. The van der Waals surface area contributed by atoms with Gasteiger partial charge in [0.15, 0.2) is 0 Å². The van der Waals surface area contributed by atoms with Crippen molar-refractivity contribution in [2.24, 2.45) is 23.5 Å². The molecule has 10 nitrogen and oxygen atoms in total. The van der Waals surface area contributed by atoms with Crippen molar-refractivity contribution in [1.29, 1.82) is 0 Å². The molecule has 4 atom stereocenters. The number of nitrogens with zero attached hydrogens (tertiary/aromatic N) is 1. The second-order valence-corrected chi connectivity index (χ2v) is 12.8. The van der Waals surface area contributed by atoms with Crippen molar-refractivity contribution in [2.45, 2.75) is 105 Å². The third kappa shape index (κ3) is 17.7. The number of carbonyl (C=O) groups is 4. The average Bonchev–Trinajstić information content (AvgIpc) is 3.44. The van der Waals surface area contributed by atoms with Gasteiger partial charge in [-0.1, -0.05) is 40.2 Å². The maximum Gasteiger partial charge on any atom is 0.408 e. The van der Waals surface area contributed by atoms with E-state index in [9.17, 15) is 23.4 Å². The summed E-state index contributed by atoms with van der Waals surface area (Å²) in [4.78, 5) is 47.4. The van der Waals surface area contributed by atoms with Crippen molar-refractivity contribution >= 4 is 34.8 Å². The molecular formula is C28H52N4O6S. The van der Waals surface area contributed by atoms with Crippen molar-refractivity contribution < 1.29 is 28.1 Å². The van der Waals surface area contributed by atoms with Gasteiger partial charge in [0, 0.05) is 18.2 Å². The van der Waals surface area contributed by atoms with Crippen molar-refractivity contribution in [3.05, 3.63) is 12.7 Å². The zero-order chi connectivity index (χ0) is 30.2. The Kier molecular flexibility index (Phi) is 17.6. The fraction of sp³-hybridized carbons (Fsp3) is 0.786. The van der Waals surface area contributed by atoms with Crippen LogP contribution in [0, 0.1) is 17.8 Å². The van der Waals surface area contributed by atoms with E-state index in [-0.39, 0.29) is 24.3 Å². The minimum Gasteiger partial charge on any atom is -0.444 e. The summed E-state index contributed by atoms with van der Waals surface area (Å²) in [5.41, 5.74) is 4.61. The van der Waals surface area contributed by atoms with E-state index in [2.05, 4.69) is 44.3 Å². The highest BCUT2D eigenvalue weighted by molar-refractivity contribution is 7.83. The lowest BCUT2D eigenvalue weighted by Gasteiger charge is -2.23. The summed E-state index contributed by atoms with van der Waals surface area (Å²) >= 11 is 0.